The molecule has 0 fully saturated rings. The highest BCUT2D eigenvalue weighted by atomic mass is 32.2. The van der Waals surface area contributed by atoms with E-state index in [1.807, 2.05) is 49.4 Å². The summed E-state index contributed by atoms with van der Waals surface area (Å²) in [5, 5.41) is 4.50. The third kappa shape index (κ3) is 3.21. The van der Waals surface area contributed by atoms with Crippen LogP contribution >= 0.6 is 0 Å². The predicted molar refractivity (Wildman–Crippen MR) is 126 cm³/mol. The molecule has 2 aromatic heterocycles. The molecule has 2 heterocycles. The number of benzene rings is 3. The number of nitrogen functional groups attached to an aromatic ring is 1. The molecule has 3 aromatic carbocycles. The Morgan fingerprint density at radius 1 is 0.875 bits per heavy atom. The Labute approximate surface area is 184 Å². The number of rotatable bonds is 4. The van der Waals surface area contributed by atoms with Crippen molar-refractivity contribution in [2.24, 2.45) is 5.10 Å². The smallest absolute Gasteiger partial charge is 0.212 e. The van der Waals surface area contributed by atoms with E-state index < -0.39 is 9.84 Å². The molecule has 0 atom stereocenters. The second-order valence-corrected chi connectivity index (χ2v) is 9.21. The molecule has 8 heteroatoms. The number of nitrogens with two attached hydrogens (primary N) is 1. The fourth-order valence-electron chi connectivity index (χ4n) is 3.57. The molecule has 0 bridgehead atoms. The summed E-state index contributed by atoms with van der Waals surface area (Å²) in [5.74, 6) is -0.0380. The van der Waals surface area contributed by atoms with Crippen molar-refractivity contribution in [1.29, 1.82) is 0 Å². The Balaban J connectivity index is 1.82. The monoisotopic (exact) mass is 441 g/mol. The Morgan fingerprint density at radius 2 is 1.50 bits per heavy atom. The highest BCUT2D eigenvalue weighted by molar-refractivity contribution is 7.92. The number of fused-ring (bicyclic) bond motifs is 2. The van der Waals surface area contributed by atoms with Gasteiger partial charge in [0.15, 0.2) is 5.65 Å². The Hall–Kier alpha value is -4.04. The molecule has 5 aromatic rings. The molecule has 0 spiro atoms. The molecule has 0 amide bonds. The van der Waals surface area contributed by atoms with Crippen LogP contribution in [-0.2, 0) is 9.84 Å². The van der Waals surface area contributed by atoms with Crippen LogP contribution in [-0.4, -0.2) is 29.3 Å². The fourth-order valence-corrected chi connectivity index (χ4v) is 5.08. The fraction of sp³-hybridized carbons (Fsp3) is 0.0417. The second kappa shape index (κ2) is 7.58. The van der Waals surface area contributed by atoms with Gasteiger partial charge < -0.3 is 5.73 Å². The highest BCUT2D eigenvalue weighted by Gasteiger charge is 2.30. The number of aromatic nitrogens is 3. The molecule has 0 saturated carbocycles. The molecule has 0 aliphatic heterocycles. The molecule has 0 saturated heterocycles. The third-order valence-corrected chi connectivity index (χ3v) is 7.08. The first-order chi connectivity index (χ1) is 15.5. The van der Waals surface area contributed by atoms with Crippen molar-refractivity contribution in [3.63, 3.8) is 0 Å². The standard InChI is InChI=1S/C24H19N5O2S/c1-16-9-5-6-10-17(16)15-26-29-23(25)22(32(30,31)18-11-3-2-4-12-18)21-24(29)28-20-14-8-7-13-19(20)27-21/h2-15H,25H2,1H3. The minimum Gasteiger partial charge on any atom is -0.382 e. The third-order valence-electron chi connectivity index (χ3n) is 5.25. The van der Waals surface area contributed by atoms with Gasteiger partial charge >= 0.3 is 0 Å². The SMILES string of the molecule is Cc1ccccc1C=Nn1c(N)c(S(=O)(=O)c2ccccc2)c2nc3ccccc3nc21. The molecule has 2 N–H and O–H groups in total. The summed E-state index contributed by atoms with van der Waals surface area (Å²) in [4.78, 5) is 9.28. The van der Waals surface area contributed by atoms with Crippen molar-refractivity contribution in [2.75, 3.05) is 5.73 Å². The van der Waals surface area contributed by atoms with Gasteiger partial charge in [-0.15, -0.1) is 0 Å². The minimum atomic E-state index is -3.96. The summed E-state index contributed by atoms with van der Waals surface area (Å²) in [6.07, 6.45) is 1.64. The molecule has 32 heavy (non-hydrogen) atoms. The van der Waals surface area contributed by atoms with Crippen LogP contribution in [0.25, 0.3) is 22.2 Å². The zero-order chi connectivity index (χ0) is 22.3. The predicted octanol–water partition coefficient (Wildman–Crippen LogP) is 4.19. The molecular weight excluding hydrogens is 422 g/mol. The lowest BCUT2D eigenvalue weighted by atomic mass is 10.1. The number of anilines is 1. The Morgan fingerprint density at radius 3 is 2.22 bits per heavy atom. The van der Waals surface area contributed by atoms with E-state index in [0.29, 0.717) is 11.0 Å². The van der Waals surface area contributed by atoms with E-state index in [0.717, 1.165) is 11.1 Å². The molecule has 5 rings (SSSR count). The lowest BCUT2D eigenvalue weighted by Crippen LogP contribution is -2.06. The lowest BCUT2D eigenvalue weighted by Gasteiger charge is -2.04. The first kappa shape index (κ1) is 19.9. The minimum absolute atomic E-state index is 0.0380. The Bertz CT molecular complexity index is 1610. The zero-order valence-corrected chi connectivity index (χ0v) is 18.0. The maximum absolute atomic E-state index is 13.5. The van der Waals surface area contributed by atoms with Crippen LogP contribution in [0.2, 0.25) is 0 Å². The van der Waals surface area contributed by atoms with Crippen LogP contribution in [0.5, 0.6) is 0 Å². The van der Waals surface area contributed by atoms with E-state index >= 15 is 0 Å². The van der Waals surface area contributed by atoms with Crippen LogP contribution in [0.3, 0.4) is 0 Å². The molecule has 0 aliphatic rings. The molecule has 0 aliphatic carbocycles. The van der Waals surface area contributed by atoms with Crippen molar-refractivity contribution in [1.82, 2.24) is 14.6 Å². The number of aryl methyl sites for hydroxylation is 1. The van der Waals surface area contributed by atoms with Gasteiger partial charge in [-0.05, 0) is 42.3 Å². The second-order valence-electron chi connectivity index (χ2n) is 7.33. The highest BCUT2D eigenvalue weighted by Crippen LogP contribution is 2.35. The van der Waals surface area contributed by atoms with Crippen LogP contribution < -0.4 is 5.73 Å². The first-order valence-electron chi connectivity index (χ1n) is 9.93. The van der Waals surface area contributed by atoms with E-state index in [2.05, 4.69) is 15.1 Å². The number of para-hydroxylation sites is 2. The topological polar surface area (TPSA) is 103 Å². The van der Waals surface area contributed by atoms with Gasteiger partial charge in [0.05, 0.1) is 22.1 Å². The summed E-state index contributed by atoms with van der Waals surface area (Å²) in [6, 6.07) is 23.1. The van der Waals surface area contributed by atoms with Gasteiger partial charge in [-0.25, -0.2) is 18.4 Å². The molecular formula is C24H19N5O2S. The van der Waals surface area contributed by atoms with Crippen molar-refractivity contribution in [2.45, 2.75) is 16.7 Å². The van der Waals surface area contributed by atoms with E-state index in [1.54, 1.807) is 30.5 Å². The van der Waals surface area contributed by atoms with Crippen LogP contribution in [0, 0.1) is 6.92 Å². The maximum atomic E-state index is 13.5. The summed E-state index contributed by atoms with van der Waals surface area (Å²) in [6.45, 7) is 1.97. The number of hydrogen-bond donors (Lipinski definition) is 1. The van der Waals surface area contributed by atoms with Crippen molar-refractivity contribution < 1.29 is 8.42 Å². The van der Waals surface area contributed by atoms with E-state index in [1.165, 1.54) is 16.8 Å². The van der Waals surface area contributed by atoms with Gasteiger partial charge in [0.2, 0.25) is 9.84 Å². The van der Waals surface area contributed by atoms with Crippen LogP contribution in [0.4, 0.5) is 5.82 Å². The number of hydrogen-bond acceptors (Lipinski definition) is 6. The lowest BCUT2D eigenvalue weighted by molar-refractivity contribution is 0.597. The molecule has 158 valence electrons. The van der Waals surface area contributed by atoms with Gasteiger partial charge in [-0.3, -0.25) is 0 Å². The number of sulfone groups is 1. The van der Waals surface area contributed by atoms with Crippen LogP contribution in [0.15, 0.2) is 93.8 Å². The van der Waals surface area contributed by atoms with Crippen LogP contribution in [0.1, 0.15) is 11.1 Å². The molecule has 0 unspecified atom stereocenters. The summed E-state index contributed by atoms with van der Waals surface area (Å²) < 4.78 is 28.4. The van der Waals surface area contributed by atoms with Gasteiger partial charge in [-0.2, -0.15) is 9.78 Å². The molecule has 7 nitrogen and oxygen atoms in total. The normalized spacial score (nSPS) is 12.2. The van der Waals surface area contributed by atoms with Gasteiger partial charge in [-0.1, -0.05) is 54.6 Å². The average molecular weight is 442 g/mol. The van der Waals surface area contributed by atoms with Gasteiger partial charge in [0, 0.05) is 0 Å². The van der Waals surface area contributed by atoms with E-state index in [4.69, 9.17) is 5.73 Å². The Kier molecular flexibility index (Phi) is 4.71. The van der Waals surface area contributed by atoms with Crippen molar-refractivity contribution in [3.8, 4) is 0 Å². The summed E-state index contributed by atoms with van der Waals surface area (Å²) >= 11 is 0. The van der Waals surface area contributed by atoms with Crippen molar-refractivity contribution >= 4 is 44.1 Å². The van der Waals surface area contributed by atoms with Gasteiger partial charge in [0.1, 0.15) is 16.2 Å². The van der Waals surface area contributed by atoms with E-state index in [-0.39, 0.29) is 26.8 Å². The number of nitrogens with zero attached hydrogens (tertiary/aromatic N) is 4. The van der Waals surface area contributed by atoms with E-state index in [9.17, 15) is 8.42 Å². The summed E-state index contributed by atoms with van der Waals surface area (Å²) in [7, 11) is -3.96. The summed E-state index contributed by atoms with van der Waals surface area (Å²) in [5.41, 5.74) is 9.96. The largest absolute Gasteiger partial charge is 0.382 e. The zero-order valence-electron chi connectivity index (χ0n) is 17.2. The maximum Gasteiger partial charge on any atom is 0.212 e. The molecule has 0 radical (unpaired) electrons. The first-order valence-corrected chi connectivity index (χ1v) is 11.4. The average Bonchev–Trinajstić information content (AvgIpc) is 3.08. The van der Waals surface area contributed by atoms with Crippen molar-refractivity contribution in [3.05, 3.63) is 90.0 Å². The van der Waals surface area contributed by atoms with Gasteiger partial charge in [0.25, 0.3) is 0 Å². The quantitative estimate of drug-likeness (QED) is 0.421.